The molecule has 0 aliphatic heterocycles. The predicted octanol–water partition coefficient (Wildman–Crippen LogP) is 3.67. The maximum Gasteiger partial charge on any atom is 0.325 e. The molecule has 3 aromatic rings. The van der Waals surface area contributed by atoms with Crippen molar-refractivity contribution in [2.45, 2.75) is 13.5 Å². The van der Waals surface area contributed by atoms with Gasteiger partial charge in [0.25, 0.3) is 5.91 Å². The molecular weight excluding hydrogens is 388 g/mol. The average molecular weight is 405 g/mol. The van der Waals surface area contributed by atoms with Crippen LogP contribution in [0.15, 0.2) is 47.5 Å². The molecule has 0 atom stereocenters. The molecule has 0 spiro atoms. The quantitative estimate of drug-likeness (QED) is 0.608. The molecule has 0 N–H and O–H groups in total. The summed E-state index contributed by atoms with van der Waals surface area (Å²) in [7, 11) is 1.32. The number of esters is 1. The van der Waals surface area contributed by atoms with Gasteiger partial charge in [0, 0.05) is 10.6 Å². The number of ether oxygens (including phenoxy) is 2. The molecule has 6 nitrogen and oxygen atoms in total. The molecule has 27 heavy (non-hydrogen) atoms. The topological polar surface area (TPSA) is 69.9 Å². The Morgan fingerprint density at radius 3 is 2.59 bits per heavy atom. The number of carbonyl (C=O) groups excluding carboxylic acids is 2. The molecule has 2 aromatic carbocycles. The van der Waals surface area contributed by atoms with Crippen molar-refractivity contribution in [3.8, 4) is 5.75 Å². The summed E-state index contributed by atoms with van der Waals surface area (Å²) in [4.78, 5) is 29.0. The molecule has 0 radical (unpaired) electrons. The van der Waals surface area contributed by atoms with Crippen LogP contribution in [0.4, 0.5) is 0 Å². The van der Waals surface area contributed by atoms with Gasteiger partial charge in [0.15, 0.2) is 4.80 Å². The lowest BCUT2D eigenvalue weighted by atomic mass is 10.2. The van der Waals surface area contributed by atoms with Gasteiger partial charge in [-0.25, -0.2) is 0 Å². The number of halogens is 1. The minimum absolute atomic E-state index is 0.0481. The van der Waals surface area contributed by atoms with E-state index < -0.39 is 11.9 Å². The minimum atomic E-state index is -0.431. The molecule has 140 valence electrons. The number of fused-ring (bicyclic) bond motifs is 1. The number of aromatic nitrogens is 1. The number of benzene rings is 2. The van der Waals surface area contributed by atoms with Gasteiger partial charge in [0.2, 0.25) is 0 Å². The summed E-state index contributed by atoms with van der Waals surface area (Å²) < 4.78 is 12.6. The highest BCUT2D eigenvalue weighted by molar-refractivity contribution is 7.16. The number of amides is 1. The lowest BCUT2D eigenvalue weighted by Crippen LogP contribution is -2.22. The van der Waals surface area contributed by atoms with Crippen molar-refractivity contribution >= 4 is 45.0 Å². The van der Waals surface area contributed by atoms with Crippen LogP contribution >= 0.6 is 22.9 Å². The molecule has 1 heterocycles. The second kappa shape index (κ2) is 8.37. The van der Waals surface area contributed by atoms with E-state index >= 15 is 0 Å². The Hall–Kier alpha value is -2.64. The Morgan fingerprint density at radius 2 is 1.93 bits per heavy atom. The smallest absolute Gasteiger partial charge is 0.325 e. The van der Waals surface area contributed by atoms with Gasteiger partial charge in [0.05, 0.1) is 23.9 Å². The van der Waals surface area contributed by atoms with Crippen molar-refractivity contribution in [1.29, 1.82) is 0 Å². The standard InChI is InChI=1S/C19H17ClN2O4S/c1-3-26-14-7-4-12(5-8-14)18(24)21-19-22(11-17(23)25-2)15-9-6-13(20)10-16(15)27-19/h4-10H,3,11H2,1-2H3. The third kappa shape index (κ3) is 4.37. The van der Waals surface area contributed by atoms with Crippen LogP contribution in [0.5, 0.6) is 5.75 Å². The van der Waals surface area contributed by atoms with E-state index in [4.69, 9.17) is 21.1 Å². The Bertz CT molecular complexity index is 1050. The molecule has 1 amide bonds. The van der Waals surface area contributed by atoms with Gasteiger partial charge in [-0.2, -0.15) is 4.99 Å². The highest BCUT2D eigenvalue weighted by Crippen LogP contribution is 2.22. The second-order valence-corrected chi connectivity index (χ2v) is 6.98. The van der Waals surface area contributed by atoms with Crippen molar-refractivity contribution in [2.75, 3.05) is 13.7 Å². The number of carbonyl (C=O) groups is 2. The normalized spacial score (nSPS) is 11.6. The van der Waals surface area contributed by atoms with Crippen molar-refractivity contribution in [1.82, 2.24) is 4.57 Å². The third-order valence-corrected chi connectivity index (χ3v) is 5.05. The molecule has 0 aliphatic rings. The van der Waals surface area contributed by atoms with E-state index in [1.54, 1.807) is 47.0 Å². The minimum Gasteiger partial charge on any atom is -0.494 e. The molecule has 0 aliphatic carbocycles. The van der Waals surface area contributed by atoms with E-state index in [1.165, 1.54) is 18.4 Å². The first kappa shape index (κ1) is 19.1. The van der Waals surface area contributed by atoms with Crippen molar-refractivity contribution in [2.24, 2.45) is 4.99 Å². The number of methoxy groups -OCH3 is 1. The van der Waals surface area contributed by atoms with Gasteiger partial charge in [-0.15, -0.1) is 0 Å². The summed E-state index contributed by atoms with van der Waals surface area (Å²) in [6.45, 7) is 2.39. The van der Waals surface area contributed by atoms with E-state index in [1.807, 2.05) is 6.92 Å². The van der Waals surface area contributed by atoms with Gasteiger partial charge < -0.3 is 14.0 Å². The molecule has 0 bridgehead atoms. The third-order valence-electron chi connectivity index (χ3n) is 3.77. The molecular formula is C19H17ClN2O4S. The number of rotatable bonds is 5. The number of hydrogen-bond donors (Lipinski definition) is 0. The van der Waals surface area contributed by atoms with Gasteiger partial charge in [0.1, 0.15) is 12.3 Å². The fourth-order valence-electron chi connectivity index (χ4n) is 2.49. The largest absolute Gasteiger partial charge is 0.494 e. The Morgan fingerprint density at radius 1 is 1.19 bits per heavy atom. The van der Waals surface area contributed by atoms with Crippen LogP contribution in [-0.2, 0) is 16.1 Å². The summed E-state index contributed by atoms with van der Waals surface area (Å²) in [6.07, 6.45) is 0. The fourth-order valence-corrected chi connectivity index (χ4v) is 3.79. The van der Waals surface area contributed by atoms with E-state index in [0.29, 0.717) is 27.7 Å². The molecule has 3 rings (SSSR count). The Balaban J connectivity index is 2.04. The maximum absolute atomic E-state index is 12.6. The molecule has 8 heteroatoms. The first-order valence-electron chi connectivity index (χ1n) is 8.19. The Kier molecular flexibility index (Phi) is 5.93. The van der Waals surface area contributed by atoms with Gasteiger partial charge >= 0.3 is 5.97 Å². The summed E-state index contributed by atoms with van der Waals surface area (Å²) in [5.41, 5.74) is 1.19. The summed E-state index contributed by atoms with van der Waals surface area (Å²) in [5.74, 6) is -0.153. The van der Waals surface area contributed by atoms with E-state index in [9.17, 15) is 9.59 Å². The zero-order chi connectivity index (χ0) is 19.4. The van der Waals surface area contributed by atoms with Gasteiger partial charge in [-0.3, -0.25) is 9.59 Å². The second-order valence-electron chi connectivity index (χ2n) is 5.53. The Labute approximate surface area is 164 Å². The zero-order valence-electron chi connectivity index (χ0n) is 14.8. The fraction of sp³-hybridized carbons (Fsp3) is 0.211. The van der Waals surface area contributed by atoms with Crippen LogP contribution in [0.2, 0.25) is 5.02 Å². The first-order valence-corrected chi connectivity index (χ1v) is 9.39. The monoisotopic (exact) mass is 404 g/mol. The number of nitrogens with zero attached hydrogens (tertiary/aromatic N) is 2. The summed E-state index contributed by atoms with van der Waals surface area (Å²) >= 11 is 7.34. The highest BCUT2D eigenvalue weighted by atomic mass is 35.5. The van der Waals surface area contributed by atoms with Crippen molar-refractivity contribution in [3.05, 3.63) is 57.9 Å². The summed E-state index contributed by atoms with van der Waals surface area (Å²) in [5, 5.41) is 0.568. The SMILES string of the molecule is CCOc1ccc(C(=O)N=c2sc3cc(Cl)ccc3n2CC(=O)OC)cc1. The van der Waals surface area contributed by atoms with E-state index in [0.717, 1.165) is 10.2 Å². The zero-order valence-corrected chi connectivity index (χ0v) is 16.3. The molecule has 0 fully saturated rings. The average Bonchev–Trinajstić information content (AvgIpc) is 2.98. The maximum atomic E-state index is 12.6. The molecule has 0 saturated heterocycles. The van der Waals surface area contributed by atoms with Crippen LogP contribution < -0.4 is 9.54 Å². The van der Waals surface area contributed by atoms with Crippen LogP contribution in [0, 0.1) is 0 Å². The first-order chi connectivity index (χ1) is 13.0. The molecule has 0 unspecified atom stereocenters. The summed E-state index contributed by atoms with van der Waals surface area (Å²) in [6, 6.07) is 12.0. The van der Waals surface area contributed by atoms with Gasteiger partial charge in [-0.05, 0) is 49.4 Å². The molecule has 1 aromatic heterocycles. The van der Waals surface area contributed by atoms with E-state index in [2.05, 4.69) is 4.99 Å². The highest BCUT2D eigenvalue weighted by Gasteiger charge is 2.13. The van der Waals surface area contributed by atoms with Gasteiger partial charge in [-0.1, -0.05) is 22.9 Å². The van der Waals surface area contributed by atoms with E-state index in [-0.39, 0.29) is 6.54 Å². The lowest BCUT2D eigenvalue weighted by molar-refractivity contribution is -0.141. The van der Waals surface area contributed by atoms with Crippen LogP contribution in [0.25, 0.3) is 10.2 Å². The van der Waals surface area contributed by atoms with Crippen LogP contribution in [-0.4, -0.2) is 30.2 Å². The van der Waals surface area contributed by atoms with Crippen LogP contribution in [0.1, 0.15) is 17.3 Å². The lowest BCUT2D eigenvalue weighted by Gasteiger charge is -2.04. The van der Waals surface area contributed by atoms with Crippen LogP contribution in [0.3, 0.4) is 0 Å². The predicted molar refractivity (Wildman–Crippen MR) is 104 cm³/mol. The molecule has 0 saturated carbocycles. The number of thiazole rings is 1. The van der Waals surface area contributed by atoms with Crippen molar-refractivity contribution < 1.29 is 19.1 Å². The van der Waals surface area contributed by atoms with Crippen molar-refractivity contribution in [3.63, 3.8) is 0 Å². The number of hydrogen-bond acceptors (Lipinski definition) is 5.